The molecule has 2 aromatic carbocycles. The average molecular weight is 391 g/mol. The number of benzene rings is 2. The van der Waals surface area contributed by atoms with E-state index in [1.165, 1.54) is 0 Å². The van der Waals surface area contributed by atoms with E-state index in [1.807, 2.05) is 60.7 Å². The van der Waals surface area contributed by atoms with E-state index in [2.05, 4.69) is 10.3 Å². The fraction of sp³-hybridized carbons (Fsp3) is 0.261. The van der Waals surface area contributed by atoms with Crippen LogP contribution in [0.3, 0.4) is 0 Å². The predicted octanol–water partition coefficient (Wildman–Crippen LogP) is 3.16. The molecule has 1 aromatic heterocycles. The van der Waals surface area contributed by atoms with Crippen molar-refractivity contribution in [1.82, 2.24) is 10.3 Å². The van der Waals surface area contributed by atoms with E-state index in [0.717, 1.165) is 10.9 Å². The van der Waals surface area contributed by atoms with Gasteiger partial charge in [0.05, 0.1) is 5.52 Å². The molecule has 3 aromatic rings. The SMILES string of the molecule is NCCCCC(Cc1ccccc1)(NC(=O)c1ccc2ccccc2n1)C(=O)O. The number of rotatable bonds is 9. The summed E-state index contributed by atoms with van der Waals surface area (Å²) in [5.41, 5.74) is 5.88. The number of carbonyl (C=O) groups is 2. The summed E-state index contributed by atoms with van der Waals surface area (Å²) in [6, 6.07) is 20.2. The Balaban J connectivity index is 1.90. The summed E-state index contributed by atoms with van der Waals surface area (Å²) >= 11 is 0. The molecule has 6 nitrogen and oxygen atoms in total. The highest BCUT2D eigenvalue weighted by Crippen LogP contribution is 2.22. The van der Waals surface area contributed by atoms with E-state index in [0.29, 0.717) is 24.9 Å². The van der Waals surface area contributed by atoms with Crippen molar-refractivity contribution in [2.24, 2.45) is 5.73 Å². The lowest BCUT2D eigenvalue weighted by atomic mass is 9.85. The first-order chi connectivity index (χ1) is 14.0. The number of unbranched alkanes of at least 4 members (excludes halogenated alkanes) is 1. The quantitative estimate of drug-likeness (QED) is 0.486. The highest BCUT2D eigenvalue weighted by molar-refractivity contribution is 5.98. The van der Waals surface area contributed by atoms with Crippen LogP contribution in [0.1, 0.15) is 35.3 Å². The largest absolute Gasteiger partial charge is 0.479 e. The summed E-state index contributed by atoms with van der Waals surface area (Å²) < 4.78 is 0. The van der Waals surface area contributed by atoms with Gasteiger partial charge >= 0.3 is 5.97 Å². The maximum Gasteiger partial charge on any atom is 0.329 e. The Morgan fingerprint density at radius 1 is 0.966 bits per heavy atom. The van der Waals surface area contributed by atoms with Gasteiger partial charge in [0.25, 0.3) is 5.91 Å². The maximum atomic E-state index is 13.0. The van der Waals surface area contributed by atoms with Gasteiger partial charge in [0, 0.05) is 11.8 Å². The molecule has 1 unspecified atom stereocenters. The van der Waals surface area contributed by atoms with Gasteiger partial charge in [-0.1, -0.05) is 54.6 Å². The van der Waals surface area contributed by atoms with E-state index in [1.54, 1.807) is 6.07 Å². The zero-order chi connectivity index (χ0) is 20.7. The van der Waals surface area contributed by atoms with Crippen molar-refractivity contribution in [3.63, 3.8) is 0 Å². The number of nitrogens with zero attached hydrogens (tertiary/aromatic N) is 1. The lowest BCUT2D eigenvalue weighted by Crippen LogP contribution is -2.56. The van der Waals surface area contributed by atoms with Crippen molar-refractivity contribution in [1.29, 1.82) is 0 Å². The topological polar surface area (TPSA) is 105 Å². The number of pyridine rings is 1. The van der Waals surface area contributed by atoms with Crippen LogP contribution in [-0.2, 0) is 11.2 Å². The standard InChI is InChI=1S/C23H25N3O3/c24-15-7-6-14-23(22(28)29,16-17-8-2-1-3-9-17)26-21(27)20-13-12-18-10-4-5-11-19(18)25-20/h1-5,8-13H,6-7,14-16,24H2,(H,26,27)(H,28,29). The second-order valence-electron chi connectivity index (χ2n) is 7.14. The Labute approximate surface area is 169 Å². The normalized spacial score (nSPS) is 13.0. The van der Waals surface area contributed by atoms with Crippen molar-refractivity contribution in [2.75, 3.05) is 6.54 Å². The van der Waals surface area contributed by atoms with Gasteiger partial charge in [-0.2, -0.15) is 0 Å². The molecule has 0 radical (unpaired) electrons. The lowest BCUT2D eigenvalue weighted by molar-refractivity contribution is -0.144. The third-order valence-corrected chi connectivity index (χ3v) is 5.00. The molecule has 0 aliphatic heterocycles. The smallest absolute Gasteiger partial charge is 0.329 e. The summed E-state index contributed by atoms with van der Waals surface area (Å²) in [7, 11) is 0. The molecule has 150 valence electrons. The first kappa shape index (κ1) is 20.5. The third-order valence-electron chi connectivity index (χ3n) is 5.00. The van der Waals surface area contributed by atoms with Crippen molar-refractivity contribution in [2.45, 2.75) is 31.2 Å². The molecular formula is C23H25N3O3. The lowest BCUT2D eigenvalue weighted by Gasteiger charge is -2.31. The number of carbonyl (C=O) groups excluding carboxylic acids is 1. The number of para-hydroxylation sites is 1. The number of aromatic nitrogens is 1. The van der Waals surface area contributed by atoms with E-state index in [4.69, 9.17) is 5.73 Å². The van der Waals surface area contributed by atoms with E-state index < -0.39 is 17.4 Å². The molecule has 0 saturated carbocycles. The Morgan fingerprint density at radius 3 is 2.41 bits per heavy atom. The summed E-state index contributed by atoms with van der Waals surface area (Å²) in [6.45, 7) is 0.473. The van der Waals surface area contributed by atoms with Crippen LogP contribution < -0.4 is 11.1 Å². The molecule has 0 fully saturated rings. The predicted molar refractivity (Wildman–Crippen MR) is 113 cm³/mol. The Bertz CT molecular complexity index is 991. The molecule has 29 heavy (non-hydrogen) atoms. The van der Waals surface area contributed by atoms with Crippen LogP contribution in [0.25, 0.3) is 10.9 Å². The minimum absolute atomic E-state index is 0.188. The van der Waals surface area contributed by atoms with Crippen LogP contribution in [0.4, 0.5) is 0 Å². The van der Waals surface area contributed by atoms with Gasteiger partial charge in [-0.05, 0) is 43.5 Å². The van der Waals surface area contributed by atoms with Gasteiger partial charge in [-0.3, -0.25) is 4.79 Å². The number of carboxylic acid groups (broad SMARTS) is 1. The number of carboxylic acids is 1. The average Bonchev–Trinajstić information content (AvgIpc) is 2.74. The summed E-state index contributed by atoms with van der Waals surface area (Å²) in [6.07, 6.45) is 1.76. The van der Waals surface area contributed by atoms with Gasteiger partial charge in [0.1, 0.15) is 11.2 Å². The monoisotopic (exact) mass is 391 g/mol. The molecular weight excluding hydrogens is 366 g/mol. The number of nitrogens with two attached hydrogens (primary N) is 1. The fourth-order valence-electron chi connectivity index (χ4n) is 3.42. The molecule has 3 rings (SSSR count). The molecule has 6 heteroatoms. The van der Waals surface area contributed by atoms with Crippen molar-refractivity contribution < 1.29 is 14.7 Å². The minimum atomic E-state index is -1.43. The molecule has 1 amide bonds. The van der Waals surface area contributed by atoms with Crippen LogP contribution in [0.2, 0.25) is 0 Å². The van der Waals surface area contributed by atoms with E-state index in [9.17, 15) is 14.7 Å². The van der Waals surface area contributed by atoms with Gasteiger partial charge in [-0.25, -0.2) is 9.78 Å². The Morgan fingerprint density at radius 2 is 1.69 bits per heavy atom. The van der Waals surface area contributed by atoms with Crippen LogP contribution in [0.15, 0.2) is 66.7 Å². The van der Waals surface area contributed by atoms with Crippen LogP contribution in [0, 0.1) is 0 Å². The minimum Gasteiger partial charge on any atom is -0.479 e. The van der Waals surface area contributed by atoms with Crippen LogP contribution in [-0.4, -0.2) is 34.1 Å². The zero-order valence-corrected chi connectivity index (χ0v) is 16.2. The summed E-state index contributed by atoms with van der Waals surface area (Å²) in [5, 5.41) is 13.8. The maximum absolute atomic E-state index is 13.0. The molecule has 0 bridgehead atoms. The number of hydrogen-bond acceptors (Lipinski definition) is 4. The number of fused-ring (bicyclic) bond motifs is 1. The Hall–Kier alpha value is -3.25. The van der Waals surface area contributed by atoms with E-state index >= 15 is 0 Å². The van der Waals surface area contributed by atoms with E-state index in [-0.39, 0.29) is 18.5 Å². The molecule has 0 saturated heterocycles. The second kappa shape index (κ2) is 9.30. The molecule has 4 N–H and O–H groups in total. The van der Waals surface area contributed by atoms with Crippen molar-refractivity contribution in [3.05, 3.63) is 78.0 Å². The molecule has 0 aliphatic rings. The number of aliphatic carboxylic acids is 1. The third kappa shape index (κ3) is 4.97. The summed E-state index contributed by atoms with van der Waals surface area (Å²) in [5.74, 6) is -1.56. The van der Waals surface area contributed by atoms with Gasteiger partial charge < -0.3 is 16.2 Å². The second-order valence-corrected chi connectivity index (χ2v) is 7.14. The van der Waals surface area contributed by atoms with Crippen LogP contribution in [0.5, 0.6) is 0 Å². The molecule has 1 atom stereocenters. The number of hydrogen-bond donors (Lipinski definition) is 3. The molecule has 0 spiro atoms. The first-order valence-electron chi connectivity index (χ1n) is 9.70. The summed E-state index contributed by atoms with van der Waals surface area (Å²) in [4.78, 5) is 29.7. The van der Waals surface area contributed by atoms with Gasteiger partial charge in [0.15, 0.2) is 0 Å². The molecule has 1 heterocycles. The van der Waals surface area contributed by atoms with Gasteiger partial charge in [-0.15, -0.1) is 0 Å². The Kier molecular flexibility index (Phi) is 6.57. The fourth-order valence-corrected chi connectivity index (χ4v) is 3.42. The number of amides is 1. The zero-order valence-electron chi connectivity index (χ0n) is 16.2. The van der Waals surface area contributed by atoms with Crippen molar-refractivity contribution >= 4 is 22.8 Å². The first-order valence-corrected chi connectivity index (χ1v) is 9.70. The van der Waals surface area contributed by atoms with Crippen molar-refractivity contribution in [3.8, 4) is 0 Å². The van der Waals surface area contributed by atoms with Crippen LogP contribution >= 0.6 is 0 Å². The van der Waals surface area contributed by atoms with Gasteiger partial charge in [0.2, 0.25) is 0 Å². The number of nitrogens with one attached hydrogen (secondary N) is 1. The highest BCUT2D eigenvalue weighted by atomic mass is 16.4. The highest BCUT2D eigenvalue weighted by Gasteiger charge is 2.40. The molecule has 0 aliphatic carbocycles.